The molecule has 0 bridgehead atoms. The lowest BCUT2D eigenvalue weighted by Crippen LogP contribution is -2.29. The monoisotopic (exact) mass is 518 g/mol. The van der Waals surface area contributed by atoms with Gasteiger partial charge in [-0.25, -0.2) is 13.9 Å². The molecule has 2 aromatic carbocycles. The molecule has 3 N–H and O–H groups in total. The number of ether oxygens (including phenoxy) is 2. The van der Waals surface area contributed by atoms with E-state index in [9.17, 15) is 18.8 Å². The summed E-state index contributed by atoms with van der Waals surface area (Å²) in [4.78, 5) is 41.9. The lowest BCUT2D eigenvalue weighted by molar-refractivity contribution is -0.118. The Kier molecular flexibility index (Phi) is 6.85. The van der Waals surface area contributed by atoms with Crippen molar-refractivity contribution in [3.05, 3.63) is 83.3 Å². The molecule has 2 aromatic heterocycles. The number of carbonyl (C=O) groups is 3. The summed E-state index contributed by atoms with van der Waals surface area (Å²) < 4.78 is 25.2. The van der Waals surface area contributed by atoms with Gasteiger partial charge in [-0.2, -0.15) is 5.10 Å². The van der Waals surface area contributed by atoms with Crippen LogP contribution in [0, 0.1) is 0 Å². The molecule has 1 aliphatic heterocycles. The Morgan fingerprint density at radius 3 is 2.79 bits per heavy atom. The van der Waals surface area contributed by atoms with Crippen molar-refractivity contribution in [3.63, 3.8) is 0 Å². The van der Waals surface area contributed by atoms with Crippen LogP contribution >= 0.6 is 0 Å². The molecule has 3 heterocycles. The predicted octanol–water partition coefficient (Wildman–Crippen LogP) is 2.61. The summed E-state index contributed by atoms with van der Waals surface area (Å²) in [5.41, 5.74) is 2.27. The molecule has 0 aliphatic carbocycles. The van der Waals surface area contributed by atoms with Gasteiger partial charge in [0.1, 0.15) is 22.9 Å². The van der Waals surface area contributed by atoms with E-state index >= 15 is 0 Å². The van der Waals surface area contributed by atoms with Crippen molar-refractivity contribution in [1.29, 1.82) is 0 Å². The molecule has 0 saturated heterocycles. The van der Waals surface area contributed by atoms with Gasteiger partial charge in [0.15, 0.2) is 12.3 Å². The van der Waals surface area contributed by atoms with E-state index in [0.717, 1.165) is 5.56 Å². The molecule has 38 heavy (non-hydrogen) atoms. The van der Waals surface area contributed by atoms with Crippen LogP contribution in [0.15, 0.2) is 60.8 Å². The number of hydrogen-bond donors (Lipinski definition) is 3. The second-order valence-corrected chi connectivity index (χ2v) is 8.43. The van der Waals surface area contributed by atoms with Crippen LogP contribution in [-0.2, 0) is 17.9 Å². The van der Waals surface area contributed by atoms with E-state index in [2.05, 4.69) is 26.0 Å². The Hall–Kier alpha value is -5.00. The van der Waals surface area contributed by atoms with Gasteiger partial charge >= 0.3 is 0 Å². The fourth-order valence-electron chi connectivity index (χ4n) is 3.91. The summed E-state index contributed by atoms with van der Waals surface area (Å²) in [7, 11) is 0. The Balaban J connectivity index is 1.30. The number of halogens is 1. The van der Waals surface area contributed by atoms with Crippen LogP contribution in [-0.4, -0.2) is 45.3 Å². The molecule has 194 valence electrons. The molecule has 12 heteroatoms. The summed E-state index contributed by atoms with van der Waals surface area (Å²) in [6, 6.07) is 14.9. The molecule has 11 nitrogen and oxygen atoms in total. The molecule has 0 saturated carbocycles. The van der Waals surface area contributed by atoms with Crippen molar-refractivity contribution in [2.75, 3.05) is 11.9 Å². The number of fused-ring (bicyclic) bond motifs is 2. The quantitative estimate of drug-likeness (QED) is 0.326. The summed E-state index contributed by atoms with van der Waals surface area (Å²) in [6.07, 6.45) is -0.0408. The Bertz CT molecular complexity index is 1540. The van der Waals surface area contributed by atoms with Gasteiger partial charge in [-0.15, -0.1) is 0 Å². The molecule has 1 unspecified atom stereocenters. The first-order chi connectivity index (χ1) is 18.4. The first-order valence-electron chi connectivity index (χ1n) is 11.7. The zero-order valence-corrected chi connectivity index (χ0v) is 20.2. The van der Waals surface area contributed by atoms with Crippen LogP contribution < -0.4 is 25.4 Å². The van der Waals surface area contributed by atoms with E-state index in [1.54, 1.807) is 48.5 Å². The number of para-hydroxylation sites is 1. The van der Waals surface area contributed by atoms with Crippen LogP contribution in [0.25, 0.3) is 5.65 Å². The number of carbonyl (C=O) groups excluding carboxylic acids is 3. The minimum absolute atomic E-state index is 0.0210. The molecular weight excluding hydrogens is 495 g/mol. The third-order valence-electron chi connectivity index (χ3n) is 5.66. The number of amides is 3. The first-order valence-corrected chi connectivity index (χ1v) is 11.7. The number of anilines is 1. The highest BCUT2D eigenvalue weighted by atomic mass is 19.1. The molecule has 1 atom stereocenters. The van der Waals surface area contributed by atoms with E-state index < -0.39 is 18.2 Å². The molecule has 0 spiro atoms. The van der Waals surface area contributed by atoms with E-state index in [0.29, 0.717) is 28.4 Å². The SMILES string of the molecule is CC(F)Oc1ccccc1CNC(=O)c1cc(C(=O)NCc2ccc3c(c2)NC(=O)CO3)nc2ccnn12. The summed E-state index contributed by atoms with van der Waals surface area (Å²) in [5.74, 6) is -0.400. The molecular formula is C26H23FN6O5. The third kappa shape index (κ3) is 5.38. The van der Waals surface area contributed by atoms with Crippen molar-refractivity contribution in [3.8, 4) is 11.5 Å². The highest BCUT2D eigenvalue weighted by molar-refractivity contribution is 5.98. The Morgan fingerprint density at radius 1 is 1.13 bits per heavy atom. The van der Waals surface area contributed by atoms with Crippen molar-refractivity contribution in [1.82, 2.24) is 25.2 Å². The van der Waals surface area contributed by atoms with Crippen molar-refractivity contribution >= 4 is 29.1 Å². The van der Waals surface area contributed by atoms with Crippen LogP contribution in [0.4, 0.5) is 10.1 Å². The molecule has 5 rings (SSSR count). The topological polar surface area (TPSA) is 136 Å². The van der Waals surface area contributed by atoms with Crippen LogP contribution in [0.5, 0.6) is 11.5 Å². The third-order valence-corrected chi connectivity index (χ3v) is 5.66. The normalized spacial score (nSPS) is 13.2. The summed E-state index contributed by atoms with van der Waals surface area (Å²) >= 11 is 0. The van der Waals surface area contributed by atoms with Crippen molar-refractivity contribution in [2.45, 2.75) is 26.4 Å². The van der Waals surface area contributed by atoms with Gasteiger partial charge in [-0.1, -0.05) is 24.3 Å². The van der Waals surface area contributed by atoms with Gasteiger partial charge in [-0.05, 0) is 23.8 Å². The first kappa shape index (κ1) is 24.7. The van der Waals surface area contributed by atoms with Gasteiger partial charge < -0.3 is 25.4 Å². The minimum Gasteiger partial charge on any atom is -0.482 e. The molecule has 4 aromatic rings. The van der Waals surface area contributed by atoms with E-state index in [-0.39, 0.29) is 37.0 Å². The standard InChI is InChI=1S/C26H23FN6O5/c1-15(27)38-21-5-3-2-4-17(21)13-29-26(36)20-11-19(31-23-8-9-30-33(20)23)25(35)28-12-16-6-7-22-18(10-16)32-24(34)14-37-22/h2-11,15H,12-14H2,1H3,(H,28,35)(H,29,36)(H,32,34). The smallest absolute Gasteiger partial charge is 0.270 e. The van der Waals surface area contributed by atoms with E-state index in [1.807, 2.05) is 0 Å². The maximum atomic E-state index is 13.4. The van der Waals surface area contributed by atoms with Crippen molar-refractivity contribution in [2.24, 2.45) is 0 Å². The maximum Gasteiger partial charge on any atom is 0.270 e. The minimum atomic E-state index is -1.51. The maximum absolute atomic E-state index is 13.4. The van der Waals surface area contributed by atoms with Gasteiger partial charge in [-0.3, -0.25) is 14.4 Å². The molecule has 0 fully saturated rings. The van der Waals surface area contributed by atoms with Crippen LogP contribution in [0.3, 0.4) is 0 Å². The molecule has 3 amide bonds. The Morgan fingerprint density at radius 2 is 1.95 bits per heavy atom. The van der Waals surface area contributed by atoms with E-state index in [4.69, 9.17) is 9.47 Å². The number of benzene rings is 2. The molecule has 1 aliphatic rings. The van der Waals surface area contributed by atoms with Crippen LogP contribution in [0.2, 0.25) is 0 Å². The van der Waals surface area contributed by atoms with E-state index in [1.165, 1.54) is 23.7 Å². The van der Waals surface area contributed by atoms with Crippen LogP contribution in [0.1, 0.15) is 39.0 Å². The zero-order valence-electron chi connectivity index (χ0n) is 20.2. The highest BCUT2D eigenvalue weighted by Crippen LogP contribution is 2.28. The van der Waals surface area contributed by atoms with Gasteiger partial charge in [0, 0.05) is 37.7 Å². The lowest BCUT2D eigenvalue weighted by atomic mass is 10.1. The summed E-state index contributed by atoms with van der Waals surface area (Å²) in [5, 5.41) is 12.4. The fourth-order valence-corrected chi connectivity index (χ4v) is 3.91. The largest absolute Gasteiger partial charge is 0.482 e. The van der Waals surface area contributed by atoms with Gasteiger partial charge in [0.05, 0.1) is 11.9 Å². The van der Waals surface area contributed by atoms with Gasteiger partial charge in [0.2, 0.25) is 6.36 Å². The second-order valence-electron chi connectivity index (χ2n) is 8.43. The number of rotatable bonds is 8. The zero-order chi connectivity index (χ0) is 26.6. The summed E-state index contributed by atoms with van der Waals surface area (Å²) in [6.45, 7) is 1.44. The average Bonchev–Trinajstić information content (AvgIpc) is 3.39. The number of aromatic nitrogens is 3. The predicted molar refractivity (Wildman–Crippen MR) is 134 cm³/mol. The number of alkyl halides is 1. The molecule has 0 radical (unpaired) electrons. The highest BCUT2D eigenvalue weighted by Gasteiger charge is 2.19. The average molecular weight is 519 g/mol. The van der Waals surface area contributed by atoms with Gasteiger partial charge in [0.25, 0.3) is 17.7 Å². The number of nitrogens with one attached hydrogen (secondary N) is 3. The fraction of sp³-hybridized carbons (Fsp3) is 0.192. The second kappa shape index (κ2) is 10.5. The number of nitrogens with zero attached hydrogens (tertiary/aromatic N) is 3. The van der Waals surface area contributed by atoms with Crippen molar-refractivity contribution < 1.29 is 28.2 Å². The number of hydrogen-bond acceptors (Lipinski definition) is 7. The Labute approximate surface area is 216 Å². The lowest BCUT2D eigenvalue weighted by Gasteiger charge is -2.18.